The van der Waals surface area contributed by atoms with Gasteiger partial charge in [0.05, 0.1) is 0 Å². The molecule has 4 bridgehead atoms. The Morgan fingerprint density at radius 1 is 1.24 bits per heavy atom. The van der Waals surface area contributed by atoms with Gasteiger partial charge in [0.25, 0.3) is 0 Å². The van der Waals surface area contributed by atoms with Crippen LogP contribution in [0.4, 0.5) is 0 Å². The number of alkyl halides is 1. The fourth-order valence-corrected chi connectivity index (χ4v) is 5.22. The van der Waals surface area contributed by atoms with Crippen LogP contribution in [0, 0.1) is 23.2 Å². The highest BCUT2D eigenvalue weighted by atomic mass is 35.5. The van der Waals surface area contributed by atoms with Crippen molar-refractivity contribution in [3.8, 4) is 0 Å². The van der Waals surface area contributed by atoms with Crippen LogP contribution in [0.25, 0.3) is 0 Å². The molecule has 4 rings (SSSR count). The lowest BCUT2D eigenvalue weighted by Gasteiger charge is -2.59. The Balaban J connectivity index is 1.75. The van der Waals surface area contributed by atoms with Gasteiger partial charge in [-0.25, -0.2) is 0 Å². The van der Waals surface area contributed by atoms with Gasteiger partial charge in [-0.05, 0) is 68.6 Å². The highest BCUT2D eigenvalue weighted by molar-refractivity contribution is 6.27. The molecule has 4 saturated carbocycles. The van der Waals surface area contributed by atoms with E-state index in [1.165, 1.54) is 38.5 Å². The van der Waals surface area contributed by atoms with Crippen molar-refractivity contribution in [3.63, 3.8) is 0 Å². The van der Waals surface area contributed by atoms with Crippen LogP contribution in [0.3, 0.4) is 0 Å². The van der Waals surface area contributed by atoms with E-state index in [0.717, 1.165) is 17.8 Å². The van der Waals surface area contributed by atoms with Crippen LogP contribution in [-0.2, 0) is 4.79 Å². The van der Waals surface area contributed by atoms with Gasteiger partial charge >= 0.3 is 0 Å². The van der Waals surface area contributed by atoms with Crippen molar-refractivity contribution < 1.29 is 4.79 Å². The van der Waals surface area contributed by atoms with Crippen molar-refractivity contribution >= 4 is 17.5 Å². The molecular weight excluding hydrogens is 234 g/mol. The zero-order valence-corrected chi connectivity index (χ0v) is 11.3. The molecule has 1 amide bonds. The van der Waals surface area contributed by atoms with Gasteiger partial charge in [-0.2, -0.15) is 0 Å². The van der Waals surface area contributed by atoms with Crippen molar-refractivity contribution in [2.45, 2.75) is 51.5 Å². The summed E-state index contributed by atoms with van der Waals surface area (Å²) < 4.78 is 0. The minimum Gasteiger partial charge on any atom is -0.352 e. The van der Waals surface area contributed by atoms with Crippen molar-refractivity contribution in [1.82, 2.24) is 5.32 Å². The molecule has 0 spiro atoms. The number of rotatable bonds is 3. The molecule has 1 N–H and O–H groups in total. The van der Waals surface area contributed by atoms with E-state index in [2.05, 4.69) is 12.2 Å². The van der Waals surface area contributed by atoms with Gasteiger partial charge < -0.3 is 5.32 Å². The third-order valence-electron chi connectivity index (χ3n) is 5.50. The van der Waals surface area contributed by atoms with Gasteiger partial charge in [0.1, 0.15) is 5.88 Å². The van der Waals surface area contributed by atoms with Crippen LogP contribution >= 0.6 is 11.6 Å². The van der Waals surface area contributed by atoms with E-state index < -0.39 is 0 Å². The fraction of sp³-hybridized carbons (Fsp3) is 0.929. The molecule has 0 radical (unpaired) electrons. The molecule has 0 aromatic rings. The number of carbonyl (C=O) groups excluding carboxylic acids is 1. The predicted octanol–water partition coefficient (Wildman–Crippen LogP) is 2.95. The zero-order valence-electron chi connectivity index (χ0n) is 10.5. The van der Waals surface area contributed by atoms with E-state index in [9.17, 15) is 4.79 Å². The number of hydrogen-bond donors (Lipinski definition) is 1. The van der Waals surface area contributed by atoms with Crippen molar-refractivity contribution in [3.05, 3.63) is 0 Å². The van der Waals surface area contributed by atoms with Crippen molar-refractivity contribution in [1.29, 1.82) is 0 Å². The number of carbonyl (C=O) groups is 1. The smallest absolute Gasteiger partial charge is 0.235 e. The first kappa shape index (κ1) is 11.8. The molecule has 0 heterocycles. The summed E-state index contributed by atoms with van der Waals surface area (Å²) in [6.45, 7) is 2.19. The van der Waals surface area contributed by atoms with E-state index in [4.69, 9.17) is 11.6 Å². The highest BCUT2D eigenvalue weighted by Crippen LogP contribution is 2.61. The maximum absolute atomic E-state index is 11.5. The fourth-order valence-electron chi connectivity index (χ4n) is 5.14. The minimum atomic E-state index is -0.00471. The second-order valence-electron chi connectivity index (χ2n) is 6.70. The summed E-state index contributed by atoms with van der Waals surface area (Å²) in [5, 5.41) is 3.12. The maximum atomic E-state index is 11.5. The molecule has 1 unspecified atom stereocenters. The second-order valence-corrected chi connectivity index (χ2v) is 6.97. The maximum Gasteiger partial charge on any atom is 0.235 e. The summed E-state index contributed by atoms with van der Waals surface area (Å²) in [4.78, 5) is 11.5. The molecule has 96 valence electrons. The molecule has 0 aromatic heterocycles. The third-order valence-corrected chi connectivity index (χ3v) is 5.75. The first-order valence-electron chi connectivity index (χ1n) is 6.96. The van der Waals surface area contributed by atoms with Crippen LogP contribution in [0.15, 0.2) is 0 Å². The standard InChI is InChI=1S/C14H22ClNO/c1-9(16-13(17)8-15)14-5-10-2-11(6-14)4-12(3-10)7-14/h9-12H,2-8H2,1H3,(H,16,17). The van der Waals surface area contributed by atoms with Gasteiger partial charge in [0, 0.05) is 6.04 Å². The zero-order chi connectivity index (χ0) is 12.0. The number of amides is 1. The average Bonchev–Trinajstić information content (AvgIpc) is 2.26. The summed E-state index contributed by atoms with van der Waals surface area (Å²) in [7, 11) is 0. The molecule has 4 aliphatic carbocycles. The first-order chi connectivity index (χ1) is 8.11. The summed E-state index contributed by atoms with van der Waals surface area (Å²) in [5.74, 6) is 2.91. The summed E-state index contributed by atoms with van der Waals surface area (Å²) in [6, 6.07) is 0.308. The SMILES string of the molecule is CC(NC(=O)CCl)C12CC3CC(CC(C3)C1)C2. The van der Waals surface area contributed by atoms with Gasteiger partial charge in [0.2, 0.25) is 5.91 Å². The molecule has 3 heteroatoms. The lowest BCUT2D eigenvalue weighted by atomic mass is 9.48. The molecule has 0 saturated heterocycles. The van der Waals surface area contributed by atoms with E-state index in [0.29, 0.717) is 11.5 Å². The number of hydrogen-bond acceptors (Lipinski definition) is 1. The quantitative estimate of drug-likeness (QED) is 0.772. The molecule has 2 nitrogen and oxygen atoms in total. The highest BCUT2D eigenvalue weighted by Gasteiger charge is 2.53. The Labute approximate surface area is 108 Å². The molecule has 4 fully saturated rings. The Kier molecular flexibility index (Phi) is 2.89. The number of halogens is 1. The average molecular weight is 256 g/mol. The van der Waals surface area contributed by atoms with Crippen molar-refractivity contribution in [2.24, 2.45) is 23.2 Å². The van der Waals surface area contributed by atoms with Crippen LogP contribution in [0.2, 0.25) is 0 Å². The number of nitrogens with one attached hydrogen (secondary N) is 1. The van der Waals surface area contributed by atoms with Gasteiger partial charge in [0.15, 0.2) is 0 Å². The Bertz CT molecular complexity index is 293. The predicted molar refractivity (Wildman–Crippen MR) is 68.9 cm³/mol. The Hall–Kier alpha value is -0.240. The lowest BCUT2D eigenvalue weighted by Crippen LogP contribution is -2.56. The molecule has 0 aromatic carbocycles. The summed E-state index contributed by atoms with van der Waals surface area (Å²) >= 11 is 5.59. The van der Waals surface area contributed by atoms with Crippen LogP contribution in [-0.4, -0.2) is 17.8 Å². The van der Waals surface area contributed by atoms with E-state index in [1.807, 2.05) is 0 Å². The molecule has 1 atom stereocenters. The Morgan fingerprint density at radius 2 is 1.71 bits per heavy atom. The van der Waals surface area contributed by atoms with Gasteiger partial charge in [-0.15, -0.1) is 11.6 Å². The van der Waals surface area contributed by atoms with E-state index in [-0.39, 0.29) is 11.8 Å². The lowest BCUT2D eigenvalue weighted by molar-refractivity contribution is -0.123. The van der Waals surface area contributed by atoms with Crippen LogP contribution < -0.4 is 5.32 Å². The van der Waals surface area contributed by atoms with Crippen LogP contribution in [0.5, 0.6) is 0 Å². The van der Waals surface area contributed by atoms with Gasteiger partial charge in [-0.3, -0.25) is 4.79 Å². The molecule has 0 aliphatic heterocycles. The monoisotopic (exact) mass is 255 g/mol. The molecule has 4 aliphatic rings. The largest absolute Gasteiger partial charge is 0.352 e. The normalized spacial score (nSPS) is 44.7. The molecular formula is C14H22ClNO. The minimum absolute atomic E-state index is 0.00471. The Morgan fingerprint density at radius 3 is 2.12 bits per heavy atom. The summed E-state index contributed by atoms with van der Waals surface area (Å²) in [5.41, 5.74) is 0.399. The van der Waals surface area contributed by atoms with E-state index in [1.54, 1.807) is 0 Å². The topological polar surface area (TPSA) is 29.1 Å². The summed E-state index contributed by atoms with van der Waals surface area (Å²) in [6.07, 6.45) is 8.37. The third kappa shape index (κ3) is 1.99. The van der Waals surface area contributed by atoms with Gasteiger partial charge in [-0.1, -0.05) is 0 Å². The van der Waals surface area contributed by atoms with Crippen LogP contribution in [0.1, 0.15) is 45.4 Å². The second kappa shape index (κ2) is 4.15. The van der Waals surface area contributed by atoms with E-state index >= 15 is 0 Å². The first-order valence-corrected chi connectivity index (χ1v) is 7.50. The molecule has 17 heavy (non-hydrogen) atoms. The van der Waals surface area contributed by atoms with Crippen molar-refractivity contribution in [2.75, 3.05) is 5.88 Å².